The van der Waals surface area contributed by atoms with E-state index in [-0.39, 0.29) is 12.0 Å². The summed E-state index contributed by atoms with van der Waals surface area (Å²) in [4.78, 5) is 11.2. The first-order valence-electron chi connectivity index (χ1n) is 4.75. The third-order valence-corrected chi connectivity index (χ3v) is 2.11. The van der Waals surface area contributed by atoms with E-state index in [4.69, 9.17) is 4.74 Å². The van der Waals surface area contributed by atoms with Gasteiger partial charge in [0.05, 0.1) is 12.5 Å². The maximum atomic E-state index is 11.2. The van der Waals surface area contributed by atoms with Gasteiger partial charge in [-0.1, -0.05) is 6.07 Å². The molecule has 0 unspecified atom stereocenters. The van der Waals surface area contributed by atoms with E-state index < -0.39 is 0 Å². The summed E-state index contributed by atoms with van der Waals surface area (Å²) >= 11 is 0. The molecule has 1 amide bonds. The van der Waals surface area contributed by atoms with Gasteiger partial charge in [-0.2, -0.15) is 0 Å². The molecule has 0 saturated heterocycles. The Bertz CT molecular complexity index is 372. The van der Waals surface area contributed by atoms with Crippen LogP contribution >= 0.6 is 0 Å². The molecular formula is C11H13NO2. The van der Waals surface area contributed by atoms with E-state index in [1.807, 2.05) is 32.0 Å². The zero-order chi connectivity index (χ0) is 10.1. The summed E-state index contributed by atoms with van der Waals surface area (Å²) < 4.78 is 5.61. The smallest absolute Gasteiger partial charge is 0.229 e. The Morgan fingerprint density at radius 2 is 2.21 bits per heavy atom. The van der Waals surface area contributed by atoms with E-state index in [0.717, 1.165) is 17.0 Å². The fraction of sp³-hybridized carbons (Fsp3) is 0.364. The highest BCUT2D eigenvalue weighted by atomic mass is 16.5. The monoisotopic (exact) mass is 191 g/mol. The van der Waals surface area contributed by atoms with E-state index in [9.17, 15) is 4.79 Å². The highest BCUT2D eigenvalue weighted by Gasteiger charge is 2.21. The molecule has 1 N–H and O–H groups in total. The van der Waals surface area contributed by atoms with Crippen LogP contribution < -0.4 is 10.1 Å². The second-order valence-corrected chi connectivity index (χ2v) is 3.67. The van der Waals surface area contributed by atoms with Gasteiger partial charge in [-0.3, -0.25) is 4.79 Å². The minimum absolute atomic E-state index is 0.0415. The van der Waals surface area contributed by atoms with Gasteiger partial charge >= 0.3 is 0 Å². The number of rotatable bonds is 2. The zero-order valence-corrected chi connectivity index (χ0v) is 8.33. The topological polar surface area (TPSA) is 38.3 Å². The molecule has 0 saturated carbocycles. The van der Waals surface area contributed by atoms with Crippen LogP contribution in [-0.4, -0.2) is 12.0 Å². The number of benzene rings is 1. The number of carbonyl (C=O) groups excluding carboxylic acids is 1. The highest BCUT2D eigenvalue weighted by molar-refractivity contribution is 6.00. The largest absolute Gasteiger partial charge is 0.491 e. The lowest BCUT2D eigenvalue weighted by Gasteiger charge is -2.12. The van der Waals surface area contributed by atoms with Crippen molar-refractivity contribution < 1.29 is 9.53 Å². The molecule has 1 aliphatic heterocycles. The van der Waals surface area contributed by atoms with Crippen molar-refractivity contribution in [3.8, 4) is 5.75 Å². The standard InChI is InChI=1S/C11H13NO2/c1-7(2)14-10-5-3-4-9-8(10)6-11(13)12-9/h3-5,7H,6H2,1-2H3,(H,12,13). The van der Waals surface area contributed by atoms with Crippen LogP contribution in [0.3, 0.4) is 0 Å². The van der Waals surface area contributed by atoms with Crippen molar-refractivity contribution in [2.45, 2.75) is 26.4 Å². The molecule has 3 heteroatoms. The van der Waals surface area contributed by atoms with E-state index in [1.165, 1.54) is 0 Å². The Kier molecular flexibility index (Phi) is 2.15. The number of ether oxygens (including phenoxy) is 1. The number of hydrogen-bond donors (Lipinski definition) is 1. The van der Waals surface area contributed by atoms with Crippen LogP contribution in [0, 0.1) is 0 Å². The fourth-order valence-corrected chi connectivity index (χ4v) is 1.58. The molecule has 0 spiro atoms. The predicted octanol–water partition coefficient (Wildman–Crippen LogP) is 1.97. The second-order valence-electron chi connectivity index (χ2n) is 3.67. The molecule has 74 valence electrons. The van der Waals surface area contributed by atoms with E-state index in [2.05, 4.69) is 5.32 Å². The van der Waals surface area contributed by atoms with Crippen LogP contribution in [0.25, 0.3) is 0 Å². The summed E-state index contributed by atoms with van der Waals surface area (Å²) in [5.41, 5.74) is 1.86. The molecule has 3 nitrogen and oxygen atoms in total. The van der Waals surface area contributed by atoms with Gasteiger partial charge in [0.15, 0.2) is 0 Å². The summed E-state index contributed by atoms with van der Waals surface area (Å²) in [5.74, 6) is 0.857. The molecule has 2 rings (SSSR count). The maximum absolute atomic E-state index is 11.2. The summed E-state index contributed by atoms with van der Waals surface area (Å²) in [6.45, 7) is 3.95. The van der Waals surface area contributed by atoms with Crippen LogP contribution in [0.1, 0.15) is 19.4 Å². The van der Waals surface area contributed by atoms with Crippen molar-refractivity contribution in [3.63, 3.8) is 0 Å². The van der Waals surface area contributed by atoms with Crippen LogP contribution in [0.15, 0.2) is 18.2 Å². The van der Waals surface area contributed by atoms with Gasteiger partial charge in [0.25, 0.3) is 0 Å². The molecule has 1 aliphatic rings. The van der Waals surface area contributed by atoms with E-state index in [0.29, 0.717) is 6.42 Å². The van der Waals surface area contributed by atoms with Crippen molar-refractivity contribution in [2.75, 3.05) is 5.32 Å². The molecule has 0 aliphatic carbocycles. The average molecular weight is 191 g/mol. The number of carbonyl (C=O) groups is 1. The average Bonchev–Trinajstić information content (AvgIpc) is 2.45. The minimum Gasteiger partial charge on any atom is -0.491 e. The molecule has 1 aromatic rings. The molecule has 1 aromatic carbocycles. The number of nitrogens with one attached hydrogen (secondary N) is 1. The van der Waals surface area contributed by atoms with Crippen molar-refractivity contribution >= 4 is 11.6 Å². The van der Waals surface area contributed by atoms with Gasteiger partial charge in [-0.15, -0.1) is 0 Å². The lowest BCUT2D eigenvalue weighted by molar-refractivity contribution is -0.115. The maximum Gasteiger partial charge on any atom is 0.229 e. The number of anilines is 1. The molecule has 14 heavy (non-hydrogen) atoms. The second kappa shape index (κ2) is 3.33. The van der Waals surface area contributed by atoms with E-state index >= 15 is 0 Å². The lowest BCUT2D eigenvalue weighted by Crippen LogP contribution is -2.07. The van der Waals surface area contributed by atoms with Crippen LogP contribution in [0.5, 0.6) is 5.75 Å². The molecule has 0 aromatic heterocycles. The van der Waals surface area contributed by atoms with Crippen molar-refractivity contribution in [3.05, 3.63) is 23.8 Å². The summed E-state index contributed by atoms with van der Waals surface area (Å²) in [6.07, 6.45) is 0.565. The Morgan fingerprint density at radius 1 is 1.43 bits per heavy atom. The molecular weight excluding hydrogens is 178 g/mol. The Hall–Kier alpha value is -1.51. The van der Waals surface area contributed by atoms with Gasteiger partial charge in [0.2, 0.25) is 5.91 Å². The number of hydrogen-bond acceptors (Lipinski definition) is 2. The molecule has 0 fully saturated rings. The molecule has 0 radical (unpaired) electrons. The first-order valence-corrected chi connectivity index (χ1v) is 4.75. The molecule has 1 heterocycles. The molecule has 0 bridgehead atoms. The Balaban J connectivity index is 2.34. The molecule has 0 atom stereocenters. The first-order chi connectivity index (χ1) is 6.66. The van der Waals surface area contributed by atoms with E-state index in [1.54, 1.807) is 0 Å². The van der Waals surface area contributed by atoms with Crippen molar-refractivity contribution in [1.82, 2.24) is 0 Å². The van der Waals surface area contributed by atoms with Crippen LogP contribution in [-0.2, 0) is 11.2 Å². The third kappa shape index (κ3) is 1.58. The van der Waals surface area contributed by atoms with Crippen molar-refractivity contribution in [1.29, 1.82) is 0 Å². The SMILES string of the molecule is CC(C)Oc1cccc2c1CC(=O)N2. The van der Waals surface area contributed by atoms with Gasteiger partial charge < -0.3 is 10.1 Å². The van der Waals surface area contributed by atoms with Gasteiger partial charge in [-0.05, 0) is 26.0 Å². The number of amides is 1. The third-order valence-electron chi connectivity index (χ3n) is 2.11. The normalized spacial score (nSPS) is 14.1. The van der Waals surface area contributed by atoms with Gasteiger partial charge in [0.1, 0.15) is 5.75 Å². The van der Waals surface area contributed by atoms with Crippen LogP contribution in [0.2, 0.25) is 0 Å². The summed E-state index contributed by atoms with van der Waals surface area (Å²) in [5, 5.41) is 2.79. The number of fused-ring (bicyclic) bond motifs is 1. The quantitative estimate of drug-likeness (QED) is 0.776. The lowest BCUT2D eigenvalue weighted by atomic mass is 10.1. The summed E-state index contributed by atoms with van der Waals surface area (Å²) in [6, 6.07) is 5.69. The predicted molar refractivity (Wildman–Crippen MR) is 54.5 cm³/mol. The summed E-state index contributed by atoms with van der Waals surface area (Å²) in [7, 11) is 0. The Morgan fingerprint density at radius 3 is 2.93 bits per heavy atom. The van der Waals surface area contributed by atoms with Gasteiger partial charge in [-0.25, -0.2) is 0 Å². The van der Waals surface area contributed by atoms with Gasteiger partial charge in [0, 0.05) is 11.3 Å². The van der Waals surface area contributed by atoms with Crippen LogP contribution in [0.4, 0.5) is 5.69 Å². The minimum atomic E-state index is 0.0415. The fourth-order valence-electron chi connectivity index (χ4n) is 1.58. The zero-order valence-electron chi connectivity index (χ0n) is 8.33. The Labute approximate surface area is 83.1 Å². The van der Waals surface area contributed by atoms with Crippen molar-refractivity contribution in [2.24, 2.45) is 0 Å². The highest BCUT2D eigenvalue weighted by Crippen LogP contribution is 2.31. The first kappa shape index (κ1) is 9.06.